The average molecular weight is 278 g/mol. The summed E-state index contributed by atoms with van der Waals surface area (Å²) in [4.78, 5) is 24.7. The molecule has 20 heavy (non-hydrogen) atoms. The number of nitrogens with one attached hydrogen (secondary N) is 1. The second-order valence-electron chi connectivity index (χ2n) is 4.50. The van der Waals surface area contributed by atoms with Gasteiger partial charge < -0.3 is 19.7 Å². The Balaban J connectivity index is 1.85. The zero-order valence-electron chi connectivity index (χ0n) is 11.6. The smallest absolute Gasteiger partial charge is 0.242 e. The summed E-state index contributed by atoms with van der Waals surface area (Å²) in [6.45, 7) is 2.50. The van der Waals surface area contributed by atoms with Crippen LogP contribution in [0.2, 0.25) is 0 Å². The summed E-state index contributed by atoms with van der Waals surface area (Å²) in [5.41, 5.74) is 0. The first-order valence-corrected chi connectivity index (χ1v) is 6.46. The number of methoxy groups -OCH3 is 1. The van der Waals surface area contributed by atoms with Crippen LogP contribution in [0.15, 0.2) is 24.3 Å². The average Bonchev–Trinajstić information content (AvgIpc) is 2.47. The van der Waals surface area contributed by atoms with Crippen LogP contribution in [0.5, 0.6) is 11.5 Å². The quantitative estimate of drug-likeness (QED) is 0.847. The molecule has 1 fully saturated rings. The molecule has 0 spiro atoms. The van der Waals surface area contributed by atoms with E-state index in [1.165, 1.54) is 4.90 Å². The lowest BCUT2D eigenvalue weighted by molar-refractivity contribution is -0.145. The Kier molecular flexibility index (Phi) is 4.45. The molecule has 0 aliphatic carbocycles. The lowest BCUT2D eigenvalue weighted by Gasteiger charge is -2.32. The highest BCUT2D eigenvalue weighted by Gasteiger charge is 2.30. The second-order valence-corrected chi connectivity index (χ2v) is 4.50. The molecule has 1 heterocycles. The van der Waals surface area contributed by atoms with Crippen molar-refractivity contribution in [2.75, 3.05) is 26.8 Å². The van der Waals surface area contributed by atoms with E-state index in [9.17, 15) is 9.59 Å². The molecule has 1 aliphatic rings. The second kappa shape index (κ2) is 6.27. The summed E-state index contributed by atoms with van der Waals surface area (Å²) in [6.07, 6.45) is 0. The fraction of sp³-hybridized carbons (Fsp3) is 0.429. The van der Waals surface area contributed by atoms with Gasteiger partial charge in [-0.2, -0.15) is 0 Å². The lowest BCUT2D eigenvalue weighted by atomic mass is 10.2. The largest absolute Gasteiger partial charge is 0.497 e. The van der Waals surface area contributed by atoms with Crippen LogP contribution in [0, 0.1) is 0 Å². The number of amides is 2. The van der Waals surface area contributed by atoms with Gasteiger partial charge in [0.15, 0.2) is 0 Å². The molecule has 2 rings (SSSR count). The highest BCUT2D eigenvalue weighted by atomic mass is 16.5. The molecule has 0 saturated carbocycles. The van der Waals surface area contributed by atoms with E-state index in [-0.39, 0.29) is 18.4 Å². The van der Waals surface area contributed by atoms with Crippen molar-refractivity contribution >= 4 is 11.8 Å². The van der Waals surface area contributed by atoms with Gasteiger partial charge in [-0.05, 0) is 31.2 Å². The summed E-state index contributed by atoms with van der Waals surface area (Å²) in [5.74, 6) is 1.24. The number of hydrogen-bond donors (Lipinski definition) is 1. The molecule has 0 bridgehead atoms. The summed E-state index contributed by atoms with van der Waals surface area (Å²) >= 11 is 0. The van der Waals surface area contributed by atoms with Crippen LogP contribution in [0.25, 0.3) is 0 Å². The highest BCUT2D eigenvalue weighted by Crippen LogP contribution is 2.17. The minimum atomic E-state index is -0.448. The Bertz CT molecular complexity index is 486. The fourth-order valence-corrected chi connectivity index (χ4v) is 2.02. The maximum absolute atomic E-state index is 11.7. The van der Waals surface area contributed by atoms with Crippen molar-refractivity contribution < 1.29 is 19.1 Å². The zero-order valence-corrected chi connectivity index (χ0v) is 11.6. The van der Waals surface area contributed by atoms with Gasteiger partial charge in [-0.1, -0.05) is 0 Å². The maximum Gasteiger partial charge on any atom is 0.242 e. The number of nitrogens with zero attached hydrogens (tertiary/aromatic N) is 1. The number of benzene rings is 1. The van der Waals surface area contributed by atoms with Crippen LogP contribution >= 0.6 is 0 Å². The molecule has 1 unspecified atom stereocenters. The molecule has 2 amide bonds. The van der Waals surface area contributed by atoms with Gasteiger partial charge in [0.1, 0.15) is 24.1 Å². The monoisotopic (exact) mass is 278 g/mol. The first-order chi connectivity index (χ1) is 9.61. The Labute approximate surface area is 117 Å². The van der Waals surface area contributed by atoms with Gasteiger partial charge in [0.25, 0.3) is 0 Å². The normalized spacial score (nSPS) is 18.7. The van der Waals surface area contributed by atoms with Gasteiger partial charge in [0.05, 0.1) is 20.2 Å². The summed E-state index contributed by atoms with van der Waals surface area (Å²) in [5, 5.41) is 2.55. The first kappa shape index (κ1) is 14.2. The molecular formula is C14H18N2O4. The van der Waals surface area contributed by atoms with Gasteiger partial charge in [-0.3, -0.25) is 9.59 Å². The third kappa shape index (κ3) is 3.20. The SMILES string of the molecule is COc1ccc(OCCN2C(=O)CNC(=O)C2C)cc1. The lowest BCUT2D eigenvalue weighted by Crippen LogP contribution is -2.57. The van der Waals surface area contributed by atoms with Crippen LogP contribution in [-0.2, 0) is 9.59 Å². The number of rotatable bonds is 5. The summed E-state index contributed by atoms with van der Waals surface area (Å²) in [7, 11) is 1.60. The molecule has 1 aromatic rings. The van der Waals surface area contributed by atoms with Gasteiger partial charge in [-0.25, -0.2) is 0 Å². The summed E-state index contributed by atoms with van der Waals surface area (Å²) < 4.78 is 10.6. The predicted molar refractivity (Wildman–Crippen MR) is 72.7 cm³/mol. The molecule has 1 atom stereocenters. The number of hydrogen-bond acceptors (Lipinski definition) is 4. The van der Waals surface area contributed by atoms with Crippen molar-refractivity contribution in [1.82, 2.24) is 10.2 Å². The third-order valence-corrected chi connectivity index (χ3v) is 3.24. The topological polar surface area (TPSA) is 67.9 Å². The minimum Gasteiger partial charge on any atom is -0.497 e. The van der Waals surface area contributed by atoms with Crippen LogP contribution in [-0.4, -0.2) is 49.6 Å². The standard InChI is InChI=1S/C14H18N2O4/c1-10-14(18)15-9-13(17)16(10)7-8-20-12-5-3-11(19-2)4-6-12/h3-6,10H,7-9H2,1-2H3,(H,15,18). The van der Waals surface area contributed by atoms with E-state index in [0.29, 0.717) is 18.9 Å². The van der Waals surface area contributed by atoms with E-state index in [1.807, 2.05) is 0 Å². The molecule has 6 nitrogen and oxygen atoms in total. The van der Waals surface area contributed by atoms with Crippen LogP contribution in [0.3, 0.4) is 0 Å². The van der Waals surface area contributed by atoms with E-state index in [2.05, 4.69) is 5.32 Å². The fourth-order valence-electron chi connectivity index (χ4n) is 2.02. The van der Waals surface area contributed by atoms with Crippen molar-refractivity contribution in [2.24, 2.45) is 0 Å². The number of piperazine rings is 1. The molecule has 1 aromatic carbocycles. The molecule has 6 heteroatoms. The Morgan fingerprint density at radius 3 is 2.55 bits per heavy atom. The van der Waals surface area contributed by atoms with Crippen LogP contribution < -0.4 is 14.8 Å². The van der Waals surface area contributed by atoms with Crippen molar-refractivity contribution in [1.29, 1.82) is 0 Å². The van der Waals surface area contributed by atoms with Crippen molar-refractivity contribution in [3.63, 3.8) is 0 Å². The molecular weight excluding hydrogens is 260 g/mol. The van der Waals surface area contributed by atoms with Crippen LogP contribution in [0.1, 0.15) is 6.92 Å². The van der Waals surface area contributed by atoms with E-state index in [4.69, 9.17) is 9.47 Å². The predicted octanol–water partition coefficient (Wildman–Crippen LogP) is 0.421. The van der Waals surface area contributed by atoms with Crippen molar-refractivity contribution in [3.05, 3.63) is 24.3 Å². The molecule has 0 aromatic heterocycles. The van der Waals surface area contributed by atoms with E-state index < -0.39 is 6.04 Å². The van der Waals surface area contributed by atoms with Crippen molar-refractivity contribution in [2.45, 2.75) is 13.0 Å². The van der Waals surface area contributed by atoms with E-state index >= 15 is 0 Å². The van der Waals surface area contributed by atoms with Gasteiger partial charge in [-0.15, -0.1) is 0 Å². The first-order valence-electron chi connectivity index (χ1n) is 6.46. The Morgan fingerprint density at radius 2 is 1.90 bits per heavy atom. The van der Waals surface area contributed by atoms with E-state index in [0.717, 1.165) is 5.75 Å². The molecule has 108 valence electrons. The molecule has 1 saturated heterocycles. The van der Waals surface area contributed by atoms with Crippen LogP contribution in [0.4, 0.5) is 0 Å². The minimum absolute atomic E-state index is 0.0612. The van der Waals surface area contributed by atoms with E-state index in [1.54, 1.807) is 38.3 Å². The zero-order chi connectivity index (χ0) is 14.5. The van der Waals surface area contributed by atoms with Crippen molar-refractivity contribution in [3.8, 4) is 11.5 Å². The molecule has 1 aliphatic heterocycles. The van der Waals surface area contributed by atoms with Gasteiger partial charge >= 0.3 is 0 Å². The number of carbonyl (C=O) groups is 2. The van der Waals surface area contributed by atoms with Gasteiger partial charge in [0.2, 0.25) is 11.8 Å². The number of ether oxygens (including phenoxy) is 2. The Morgan fingerprint density at radius 1 is 1.25 bits per heavy atom. The van der Waals surface area contributed by atoms with Gasteiger partial charge in [0, 0.05) is 0 Å². The maximum atomic E-state index is 11.7. The highest BCUT2D eigenvalue weighted by molar-refractivity contribution is 5.94. The number of carbonyl (C=O) groups excluding carboxylic acids is 2. The summed E-state index contributed by atoms with van der Waals surface area (Å²) in [6, 6.07) is 6.75. The molecule has 1 N–H and O–H groups in total. The Hall–Kier alpha value is -2.24. The molecule has 0 radical (unpaired) electrons. The third-order valence-electron chi connectivity index (χ3n) is 3.24.